The van der Waals surface area contributed by atoms with Crippen molar-refractivity contribution in [2.75, 3.05) is 18.1 Å². The Balaban J connectivity index is 1.28. The summed E-state index contributed by atoms with van der Waals surface area (Å²) in [6.07, 6.45) is 0.913. The standard InChI is InChI=1S/C24H26N2O5S/c27-22-10-9-15(25-22)14-32-12-11-21(23(28)29)26-24(30)31-13-20-18-7-3-1-5-16(18)17-6-2-4-8-19(17)20/h1-8,15,20-21H,9-14H2,(H,25,27)(H,26,30)(H,28,29). The summed E-state index contributed by atoms with van der Waals surface area (Å²) in [4.78, 5) is 35.2. The van der Waals surface area contributed by atoms with Gasteiger partial charge in [-0.25, -0.2) is 9.59 Å². The molecule has 168 valence electrons. The van der Waals surface area contributed by atoms with Crippen LogP contribution < -0.4 is 10.6 Å². The summed E-state index contributed by atoms with van der Waals surface area (Å²) < 4.78 is 5.45. The maximum atomic E-state index is 12.4. The highest BCUT2D eigenvalue weighted by Gasteiger charge is 2.29. The number of rotatable bonds is 9. The molecule has 7 nitrogen and oxygen atoms in total. The van der Waals surface area contributed by atoms with Crippen LogP contribution in [0.5, 0.6) is 0 Å². The number of hydrogen-bond acceptors (Lipinski definition) is 5. The molecule has 2 aliphatic rings. The molecule has 2 amide bonds. The molecule has 0 bridgehead atoms. The molecule has 2 unspecified atom stereocenters. The summed E-state index contributed by atoms with van der Waals surface area (Å²) in [6, 6.07) is 15.2. The van der Waals surface area contributed by atoms with Crippen LogP contribution in [-0.2, 0) is 14.3 Å². The highest BCUT2D eigenvalue weighted by atomic mass is 32.2. The largest absolute Gasteiger partial charge is 0.480 e. The third-order valence-electron chi connectivity index (χ3n) is 5.89. The molecule has 0 radical (unpaired) electrons. The lowest BCUT2D eigenvalue weighted by atomic mass is 9.98. The van der Waals surface area contributed by atoms with Gasteiger partial charge in [-0.15, -0.1) is 0 Å². The third kappa shape index (κ3) is 5.07. The van der Waals surface area contributed by atoms with Crippen molar-refractivity contribution in [1.82, 2.24) is 10.6 Å². The van der Waals surface area contributed by atoms with Gasteiger partial charge in [0.1, 0.15) is 12.6 Å². The summed E-state index contributed by atoms with van der Waals surface area (Å²) in [5, 5.41) is 14.8. The van der Waals surface area contributed by atoms with Crippen LogP contribution in [0.2, 0.25) is 0 Å². The van der Waals surface area contributed by atoms with Crippen LogP contribution >= 0.6 is 11.8 Å². The second-order valence-corrected chi connectivity index (χ2v) is 9.18. The van der Waals surface area contributed by atoms with Crippen molar-refractivity contribution in [3.05, 3.63) is 59.7 Å². The Hall–Kier alpha value is -3.00. The summed E-state index contributed by atoms with van der Waals surface area (Å²) in [7, 11) is 0. The van der Waals surface area contributed by atoms with Gasteiger partial charge in [-0.2, -0.15) is 11.8 Å². The Kier molecular flexibility index (Phi) is 6.99. The molecule has 1 saturated heterocycles. The summed E-state index contributed by atoms with van der Waals surface area (Å²) in [6.45, 7) is 0.141. The quantitative estimate of drug-likeness (QED) is 0.502. The SMILES string of the molecule is O=C1CCC(CSCCC(NC(=O)OCC2c3ccccc3-c3ccccc32)C(=O)O)N1. The van der Waals surface area contributed by atoms with Gasteiger partial charge in [0.2, 0.25) is 5.91 Å². The summed E-state index contributed by atoms with van der Waals surface area (Å²) in [5.74, 6) is 0.202. The number of carbonyl (C=O) groups is 3. The summed E-state index contributed by atoms with van der Waals surface area (Å²) >= 11 is 1.57. The van der Waals surface area contributed by atoms with Gasteiger partial charge in [-0.1, -0.05) is 48.5 Å². The van der Waals surface area contributed by atoms with E-state index in [9.17, 15) is 19.5 Å². The first-order valence-corrected chi connectivity index (χ1v) is 11.9. The number of carboxylic acid groups (broad SMARTS) is 1. The number of fused-ring (bicyclic) bond motifs is 3. The third-order valence-corrected chi connectivity index (χ3v) is 7.05. The molecule has 2 atom stereocenters. The number of benzene rings is 2. The minimum atomic E-state index is -1.09. The van der Waals surface area contributed by atoms with Crippen molar-refractivity contribution in [3.8, 4) is 11.1 Å². The van der Waals surface area contributed by atoms with Crippen molar-refractivity contribution in [3.63, 3.8) is 0 Å². The van der Waals surface area contributed by atoms with Crippen LogP contribution in [0.25, 0.3) is 11.1 Å². The maximum Gasteiger partial charge on any atom is 0.407 e. The minimum Gasteiger partial charge on any atom is -0.480 e. The predicted molar refractivity (Wildman–Crippen MR) is 123 cm³/mol. The van der Waals surface area contributed by atoms with Crippen LogP contribution in [0, 0.1) is 0 Å². The molecule has 0 aromatic heterocycles. The van der Waals surface area contributed by atoms with Crippen LogP contribution in [0.3, 0.4) is 0 Å². The van der Waals surface area contributed by atoms with E-state index in [1.807, 2.05) is 36.4 Å². The van der Waals surface area contributed by atoms with Crippen LogP contribution in [-0.4, -0.2) is 53.3 Å². The van der Waals surface area contributed by atoms with E-state index in [2.05, 4.69) is 22.8 Å². The first-order chi connectivity index (χ1) is 15.5. The van der Waals surface area contributed by atoms with E-state index in [1.165, 1.54) is 0 Å². The molecule has 1 aliphatic heterocycles. The number of carboxylic acids is 1. The van der Waals surface area contributed by atoms with Gasteiger partial charge >= 0.3 is 12.1 Å². The second-order valence-electron chi connectivity index (χ2n) is 8.03. The minimum absolute atomic E-state index is 0.0657. The molecule has 1 aliphatic carbocycles. The van der Waals surface area contributed by atoms with Gasteiger partial charge in [0.25, 0.3) is 0 Å². The Bertz CT molecular complexity index is 966. The van der Waals surface area contributed by atoms with Gasteiger partial charge < -0.3 is 20.5 Å². The zero-order valence-electron chi connectivity index (χ0n) is 17.6. The van der Waals surface area contributed by atoms with Crippen LogP contribution in [0.15, 0.2) is 48.5 Å². The highest BCUT2D eigenvalue weighted by Crippen LogP contribution is 2.44. The fourth-order valence-corrected chi connectivity index (χ4v) is 5.37. The van der Waals surface area contributed by atoms with Gasteiger partial charge in [0.15, 0.2) is 0 Å². The number of carbonyl (C=O) groups excluding carboxylic acids is 2. The van der Waals surface area contributed by atoms with Crippen molar-refractivity contribution >= 4 is 29.7 Å². The smallest absolute Gasteiger partial charge is 0.407 e. The average Bonchev–Trinajstić information content (AvgIpc) is 3.35. The normalized spacial score (nSPS) is 17.9. The lowest BCUT2D eigenvalue weighted by molar-refractivity contribution is -0.139. The molecule has 0 saturated carbocycles. The first-order valence-electron chi connectivity index (χ1n) is 10.7. The number of alkyl carbamates (subject to hydrolysis) is 1. The topological polar surface area (TPSA) is 105 Å². The lowest BCUT2D eigenvalue weighted by Crippen LogP contribution is -2.41. The van der Waals surface area contributed by atoms with Crippen LogP contribution in [0.4, 0.5) is 4.79 Å². The van der Waals surface area contributed by atoms with Gasteiger partial charge in [-0.3, -0.25) is 4.79 Å². The first kappa shape index (κ1) is 22.2. The average molecular weight is 455 g/mol. The molecule has 3 N–H and O–H groups in total. The van der Waals surface area contributed by atoms with E-state index < -0.39 is 18.1 Å². The molecule has 1 fully saturated rings. The number of nitrogens with one attached hydrogen (secondary N) is 2. The molecule has 8 heteroatoms. The number of amides is 2. The number of ether oxygens (including phenoxy) is 1. The molecule has 1 heterocycles. The van der Waals surface area contributed by atoms with Gasteiger partial charge in [0, 0.05) is 24.1 Å². The fraction of sp³-hybridized carbons (Fsp3) is 0.375. The predicted octanol–water partition coefficient (Wildman–Crippen LogP) is 3.38. The molecular weight excluding hydrogens is 428 g/mol. The fourth-order valence-electron chi connectivity index (χ4n) is 4.27. The zero-order chi connectivity index (χ0) is 22.5. The van der Waals surface area contributed by atoms with Crippen LogP contribution in [0.1, 0.15) is 36.3 Å². The molecule has 2 aromatic rings. The summed E-state index contributed by atoms with van der Waals surface area (Å²) in [5.41, 5.74) is 4.48. The van der Waals surface area contributed by atoms with E-state index in [4.69, 9.17) is 4.74 Å². The number of aliphatic carboxylic acids is 1. The molecule has 2 aromatic carbocycles. The van der Waals surface area contributed by atoms with Gasteiger partial charge in [-0.05, 0) is 40.8 Å². The maximum absolute atomic E-state index is 12.4. The number of hydrogen-bond donors (Lipinski definition) is 3. The van der Waals surface area contributed by atoms with Crippen molar-refractivity contribution in [1.29, 1.82) is 0 Å². The molecular formula is C24H26N2O5S. The highest BCUT2D eigenvalue weighted by molar-refractivity contribution is 7.99. The Morgan fingerprint density at radius 2 is 1.78 bits per heavy atom. The monoisotopic (exact) mass is 454 g/mol. The Morgan fingerprint density at radius 1 is 1.12 bits per heavy atom. The van der Waals surface area contributed by atoms with E-state index in [-0.39, 0.29) is 30.9 Å². The van der Waals surface area contributed by atoms with Crippen molar-refractivity contribution in [2.45, 2.75) is 37.3 Å². The van der Waals surface area contributed by atoms with E-state index in [0.717, 1.165) is 34.4 Å². The van der Waals surface area contributed by atoms with Gasteiger partial charge in [0.05, 0.1) is 0 Å². The van der Waals surface area contributed by atoms with Crippen molar-refractivity contribution < 1.29 is 24.2 Å². The molecule has 32 heavy (non-hydrogen) atoms. The molecule has 0 spiro atoms. The lowest BCUT2D eigenvalue weighted by Gasteiger charge is -2.17. The van der Waals surface area contributed by atoms with Crippen molar-refractivity contribution in [2.24, 2.45) is 0 Å². The number of thioether (sulfide) groups is 1. The van der Waals surface area contributed by atoms with E-state index >= 15 is 0 Å². The van der Waals surface area contributed by atoms with E-state index in [0.29, 0.717) is 12.2 Å². The van der Waals surface area contributed by atoms with E-state index in [1.54, 1.807) is 11.8 Å². The Morgan fingerprint density at radius 3 is 2.38 bits per heavy atom. The zero-order valence-corrected chi connectivity index (χ0v) is 18.4. The molecule has 4 rings (SSSR count). The Labute approximate surface area is 190 Å². The second kappa shape index (κ2) is 10.1.